The summed E-state index contributed by atoms with van der Waals surface area (Å²) in [5.41, 5.74) is 2.14. The molecule has 0 aliphatic carbocycles. The van der Waals surface area contributed by atoms with Gasteiger partial charge in [-0.1, -0.05) is 6.07 Å². The Morgan fingerprint density at radius 1 is 0.970 bits per heavy atom. The molecule has 7 nitrogen and oxygen atoms in total. The third kappa shape index (κ3) is 6.36. The van der Waals surface area contributed by atoms with Crippen molar-refractivity contribution < 1.29 is 18.7 Å². The van der Waals surface area contributed by atoms with Crippen LogP contribution in [0.25, 0.3) is 0 Å². The SMILES string of the molecule is O=C(CN1CCN(C(=O)c2ccc(OCc3cccnc3)cc2)CC1)Nc1ccc(F)cc1. The van der Waals surface area contributed by atoms with Gasteiger partial charge in [-0.2, -0.15) is 0 Å². The number of benzene rings is 2. The van der Waals surface area contributed by atoms with E-state index in [1.54, 1.807) is 41.6 Å². The maximum Gasteiger partial charge on any atom is 0.253 e. The summed E-state index contributed by atoms with van der Waals surface area (Å²) in [6.45, 7) is 2.94. The number of carbonyl (C=O) groups is 2. The first-order valence-corrected chi connectivity index (χ1v) is 10.8. The number of anilines is 1. The predicted octanol–water partition coefficient (Wildman–Crippen LogP) is 3.20. The number of pyridine rings is 1. The zero-order valence-electron chi connectivity index (χ0n) is 18.1. The lowest BCUT2D eigenvalue weighted by Gasteiger charge is -2.34. The minimum absolute atomic E-state index is 0.0378. The number of halogens is 1. The summed E-state index contributed by atoms with van der Waals surface area (Å²) in [4.78, 5) is 32.9. The molecule has 2 heterocycles. The standard InChI is InChI=1S/C25H25FN4O3/c26-21-5-7-22(8-6-21)28-24(31)17-29-12-14-30(15-13-29)25(32)20-3-9-23(10-4-20)33-18-19-2-1-11-27-16-19/h1-11,16H,12-15,17-18H2,(H,28,31). The van der Waals surface area contributed by atoms with Gasteiger partial charge >= 0.3 is 0 Å². The minimum atomic E-state index is -0.347. The number of hydrogen-bond donors (Lipinski definition) is 1. The molecule has 1 aromatic heterocycles. The van der Waals surface area contributed by atoms with E-state index < -0.39 is 0 Å². The Balaban J connectivity index is 1.22. The number of carbonyl (C=O) groups excluding carboxylic acids is 2. The van der Waals surface area contributed by atoms with E-state index >= 15 is 0 Å². The first-order valence-electron chi connectivity index (χ1n) is 10.8. The van der Waals surface area contributed by atoms with Gasteiger partial charge in [-0.3, -0.25) is 19.5 Å². The topological polar surface area (TPSA) is 74.8 Å². The molecule has 2 amide bonds. The van der Waals surface area contributed by atoms with Gasteiger partial charge in [-0.05, 0) is 54.6 Å². The van der Waals surface area contributed by atoms with Crippen LogP contribution in [0, 0.1) is 5.82 Å². The number of rotatable bonds is 7. The summed E-state index contributed by atoms with van der Waals surface area (Å²) in [7, 11) is 0. The number of amides is 2. The van der Waals surface area contributed by atoms with E-state index in [0.29, 0.717) is 49.8 Å². The first-order chi connectivity index (χ1) is 16.1. The second-order valence-corrected chi connectivity index (χ2v) is 7.80. The molecule has 8 heteroatoms. The molecule has 1 fully saturated rings. The van der Waals surface area contributed by atoms with Gasteiger partial charge in [-0.25, -0.2) is 4.39 Å². The lowest BCUT2D eigenvalue weighted by Crippen LogP contribution is -2.50. The molecule has 1 aliphatic rings. The van der Waals surface area contributed by atoms with Gasteiger partial charge in [-0.15, -0.1) is 0 Å². The number of nitrogens with zero attached hydrogens (tertiary/aromatic N) is 3. The Hall–Kier alpha value is -3.78. The van der Waals surface area contributed by atoms with Gasteiger partial charge in [0, 0.05) is 55.4 Å². The molecule has 0 spiro atoms. The van der Waals surface area contributed by atoms with Gasteiger partial charge in [0.25, 0.3) is 5.91 Å². The number of hydrogen-bond acceptors (Lipinski definition) is 5. The van der Waals surface area contributed by atoms with Crippen LogP contribution >= 0.6 is 0 Å². The summed E-state index contributed by atoms with van der Waals surface area (Å²) >= 11 is 0. The van der Waals surface area contributed by atoms with Crippen molar-refractivity contribution >= 4 is 17.5 Å². The highest BCUT2D eigenvalue weighted by atomic mass is 19.1. The highest BCUT2D eigenvalue weighted by molar-refractivity contribution is 5.94. The number of piperazine rings is 1. The van der Waals surface area contributed by atoms with E-state index in [1.807, 2.05) is 17.0 Å². The quantitative estimate of drug-likeness (QED) is 0.601. The average Bonchev–Trinajstić information content (AvgIpc) is 2.85. The smallest absolute Gasteiger partial charge is 0.253 e. The van der Waals surface area contributed by atoms with E-state index in [4.69, 9.17) is 4.74 Å². The van der Waals surface area contributed by atoms with E-state index in [-0.39, 0.29) is 24.2 Å². The van der Waals surface area contributed by atoms with Crippen LogP contribution in [-0.2, 0) is 11.4 Å². The van der Waals surface area contributed by atoms with Crippen LogP contribution in [0.2, 0.25) is 0 Å². The molecule has 0 radical (unpaired) electrons. The molecule has 3 aromatic rings. The van der Waals surface area contributed by atoms with E-state index in [2.05, 4.69) is 10.3 Å². The molecule has 0 unspecified atom stereocenters. The summed E-state index contributed by atoms with van der Waals surface area (Å²) in [5, 5.41) is 2.76. The van der Waals surface area contributed by atoms with Crippen LogP contribution in [0.1, 0.15) is 15.9 Å². The fourth-order valence-corrected chi connectivity index (χ4v) is 3.57. The molecule has 2 aromatic carbocycles. The third-order valence-electron chi connectivity index (χ3n) is 5.38. The van der Waals surface area contributed by atoms with Gasteiger partial charge in [0.15, 0.2) is 0 Å². The zero-order valence-corrected chi connectivity index (χ0v) is 18.1. The fraction of sp³-hybridized carbons (Fsp3) is 0.240. The molecule has 1 N–H and O–H groups in total. The van der Waals surface area contributed by atoms with Crippen molar-refractivity contribution in [3.63, 3.8) is 0 Å². The van der Waals surface area contributed by atoms with E-state index in [0.717, 1.165) is 5.56 Å². The molecule has 0 atom stereocenters. The predicted molar refractivity (Wildman–Crippen MR) is 122 cm³/mol. The van der Waals surface area contributed by atoms with Crippen molar-refractivity contribution in [3.05, 3.63) is 90.0 Å². The summed E-state index contributed by atoms with van der Waals surface area (Å²) in [6.07, 6.45) is 3.47. The first kappa shape index (κ1) is 22.4. The summed E-state index contributed by atoms with van der Waals surface area (Å²) < 4.78 is 18.7. The Morgan fingerprint density at radius 2 is 1.70 bits per heavy atom. The lowest BCUT2D eigenvalue weighted by atomic mass is 10.1. The average molecular weight is 448 g/mol. The molecular formula is C25H25FN4O3. The second-order valence-electron chi connectivity index (χ2n) is 7.80. The van der Waals surface area contributed by atoms with Gasteiger partial charge in [0.1, 0.15) is 18.2 Å². The van der Waals surface area contributed by atoms with Gasteiger partial charge < -0.3 is 15.0 Å². The van der Waals surface area contributed by atoms with Crippen molar-refractivity contribution in [2.24, 2.45) is 0 Å². The molecule has 4 rings (SSSR count). The highest BCUT2D eigenvalue weighted by Gasteiger charge is 2.23. The molecule has 1 aliphatic heterocycles. The van der Waals surface area contributed by atoms with Crippen LogP contribution in [0.15, 0.2) is 73.1 Å². The maximum atomic E-state index is 13.0. The molecule has 0 saturated carbocycles. The number of aromatic nitrogens is 1. The Kier molecular flexibility index (Phi) is 7.26. The Morgan fingerprint density at radius 3 is 2.36 bits per heavy atom. The molecular weight excluding hydrogens is 423 g/mol. The monoisotopic (exact) mass is 448 g/mol. The summed E-state index contributed by atoms with van der Waals surface area (Å²) in [6, 6.07) is 16.6. The Bertz CT molecular complexity index is 1070. The van der Waals surface area contributed by atoms with Crippen LogP contribution in [0.5, 0.6) is 5.75 Å². The van der Waals surface area contributed by atoms with Crippen LogP contribution in [0.3, 0.4) is 0 Å². The second kappa shape index (κ2) is 10.7. The van der Waals surface area contributed by atoms with Gasteiger partial charge in [0.2, 0.25) is 5.91 Å². The highest BCUT2D eigenvalue weighted by Crippen LogP contribution is 2.16. The summed E-state index contributed by atoms with van der Waals surface area (Å²) in [5.74, 6) is 0.139. The number of ether oxygens (including phenoxy) is 1. The van der Waals surface area contributed by atoms with Crippen molar-refractivity contribution in [1.29, 1.82) is 0 Å². The van der Waals surface area contributed by atoms with Crippen molar-refractivity contribution in [2.45, 2.75) is 6.61 Å². The third-order valence-corrected chi connectivity index (χ3v) is 5.38. The number of nitrogens with one attached hydrogen (secondary N) is 1. The normalized spacial score (nSPS) is 14.0. The van der Waals surface area contributed by atoms with Gasteiger partial charge in [0.05, 0.1) is 6.54 Å². The molecule has 1 saturated heterocycles. The molecule has 33 heavy (non-hydrogen) atoms. The van der Waals surface area contributed by atoms with Crippen molar-refractivity contribution in [3.8, 4) is 5.75 Å². The largest absolute Gasteiger partial charge is 0.489 e. The van der Waals surface area contributed by atoms with Crippen LogP contribution < -0.4 is 10.1 Å². The minimum Gasteiger partial charge on any atom is -0.489 e. The van der Waals surface area contributed by atoms with E-state index in [1.165, 1.54) is 24.3 Å². The fourth-order valence-electron chi connectivity index (χ4n) is 3.57. The van der Waals surface area contributed by atoms with E-state index in [9.17, 15) is 14.0 Å². The van der Waals surface area contributed by atoms with Crippen molar-refractivity contribution in [1.82, 2.24) is 14.8 Å². The molecule has 170 valence electrons. The van der Waals surface area contributed by atoms with Crippen LogP contribution in [0.4, 0.5) is 10.1 Å². The van der Waals surface area contributed by atoms with Crippen LogP contribution in [-0.4, -0.2) is 59.3 Å². The van der Waals surface area contributed by atoms with Crippen molar-refractivity contribution in [2.75, 3.05) is 38.0 Å². The maximum absolute atomic E-state index is 13.0. The Labute approximate surface area is 191 Å². The zero-order chi connectivity index (χ0) is 23.0. The lowest BCUT2D eigenvalue weighted by molar-refractivity contribution is -0.117. The molecule has 0 bridgehead atoms.